The molecule has 204 valence electrons. The minimum atomic E-state index is -0.147. The maximum atomic E-state index is 12.1. The summed E-state index contributed by atoms with van der Waals surface area (Å²) in [5, 5.41) is 0. The first-order chi connectivity index (χ1) is 18.3. The van der Waals surface area contributed by atoms with Gasteiger partial charge in [0, 0.05) is 0 Å². The zero-order valence-electron chi connectivity index (χ0n) is 23.6. The third-order valence-electron chi connectivity index (χ3n) is 6.44. The number of rotatable bonds is 16. The molecule has 0 fully saturated rings. The van der Waals surface area contributed by atoms with Crippen LogP contribution in [-0.2, 0) is 22.6 Å². The van der Waals surface area contributed by atoms with E-state index in [1.165, 1.54) is 23.2 Å². The SMILES string of the molecule is Cc1cccc(COc2ccc(OCCCCCCCCOC(=O)Cc3ccc([N+](C)(C)C)cc3)cc2)c1. The fourth-order valence-corrected chi connectivity index (χ4v) is 4.17. The summed E-state index contributed by atoms with van der Waals surface area (Å²) in [7, 11) is 6.38. The maximum absolute atomic E-state index is 12.1. The molecule has 0 radical (unpaired) electrons. The predicted octanol–water partition coefficient (Wildman–Crippen LogP) is 7.28. The van der Waals surface area contributed by atoms with Gasteiger partial charge in [-0.3, -0.25) is 9.28 Å². The lowest BCUT2D eigenvalue weighted by molar-refractivity contribution is -0.142. The lowest BCUT2D eigenvalue weighted by Gasteiger charge is -2.23. The average molecular weight is 519 g/mol. The molecule has 0 atom stereocenters. The number of ether oxygens (including phenoxy) is 3. The van der Waals surface area contributed by atoms with E-state index in [0.29, 0.717) is 19.6 Å². The minimum absolute atomic E-state index is 0.147. The van der Waals surface area contributed by atoms with E-state index in [2.05, 4.69) is 64.5 Å². The Morgan fingerprint density at radius 1 is 0.684 bits per heavy atom. The van der Waals surface area contributed by atoms with E-state index in [1.54, 1.807) is 0 Å². The van der Waals surface area contributed by atoms with Crippen molar-refractivity contribution in [1.29, 1.82) is 0 Å². The monoisotopic (exact) mass is 518 g/mol. The van der Waals surface area contributed by atoms with Crippen molar-refractivity contribution in [3.63, 3.8) is 0 Å². The summed E-state index contributed by atoms with van der Waals surface area (Å²) in [6, 6.07) is 24.4. The highest BCUT2D eigenvalue weighted by Crippen LogP contribution is 2.20. The van der Waals surface area contributed by atoms with Crippen LogP contribution in [0.2, 0.25) is 0 Å². The van der Waals surface area contributed by atoms with Crippen molar-refractivity contribution >= 4 is 11.7 Å². The predicted molar refractivity (Wildman–Crippen MR) is 156 cm³/mol. The van der Waals surface area contributed by atoms with Crippen molar-refractivity contribution in [3.8, 4) is 11.5 Å². The fourth-order valence-electron chi connectivity index (χ4n) is 4.17. The first kappa shape index (κ1) is 29.2. The number of esters is 1. The highest BCUT2D eigenvalue weighted by Gasteiger charge is 2.12. The normalized spacial score (nSPS) is 11.3. The second-order valence-corrected chi connectivity index (χ2v) is 10.8. The third-order valence-corrected chi connectivity index (χ3v) is 6.44. The lowest BCUT2D eigenvalue weighted by atomic mass is 10.1. The molecule has 5 nitrogen and oxygen atoms in total. The number of nitrogens with zero attached hydrogens (tertiary/aromatic N) is 1. The minimum Gasteiger partial charge on any atom is -0.494 e. The highest BCUT2D eigenvalue weighted by molar-refractivity contribution is 5.72. The molecule has 5 heteroatoms. The van der Waals surface area contributed by atoms with Gasteiger partial charge in [-0.05, 0) is 67.3 Å². The van der Waals surface area contributed by atoms with Gasteiger partial charge in [0.1, 0.15) is 23.8 Å². The molecule has 0 heterocycles. The van der Waals surface area contributed by atoms with E-state index in [9.17, 15) is 4.79 Å². The summed E-state index contributed by atoms with van der Waals surface area (Å²) >= 11 is 0. The molecule has 38 heavy (non-hydrogen) atoms. The van der Waals surface area contributed by atoms with Gasteiger partial charge in [0.25, 0.3) is 0 Å². The Kier molecular flexibility index (Phi) is 11.7. The molecule has 0 aliphatic carbocycles. The molecule has 0 amide bonds. The van der Waals surface area contributed by atoms with Crippen molar-refractivity contribution in [2.45, 2.75) is 58.5 Å². The van der Waals surface area contributed by atoms with Gasteiger partial charge in [-0.1, -0.05) is 67.6 Å². The van der Waals surface area contributed by atoms with Gasteiger partial charge in [0.05, 0.1) is 40.8 Å². The number of quaternary nitrogens is 1. The largest absolute Gasteiger partial charge is 0.494 e. The number of hydrogen-bond donors (Lipinski definition) is 0. The van der Waals surface area contributed by atoms with Gasteiger partial charge >= 0.3 is 5.97 Å². The van der Waals surface area contributed by atoms with E-state index < -0.39 is 0 Å². The summed E-state index contributed by atoms with van der Waals surface area (Å²) in [6.45, 7) is 3.88. The Morgan fingerprint density at radius 3 is 1.92 bits per heavy atom. The molecular weight excluding hydrogens is 474 g/mol. The Labute approximate surface area is 228 Å². The van der Waals surface area contributed by atoms with Crippen molar-refractivity contribution in [1.82, 2.24) is 4.48 Å². The molecule has 3 aromatic carbocycles. The van der Waals surface area contributed by atoms with Crippen LogP contribution in [-0.4, -0.2) is 40.3 Å². The molecule has 0 bridgehead atoms. The summed E-state index contributed by atoms with van der Waals surface area (Å²) in [5.41, 5.74) is 4.62. The van der Waals surface area contributed by atoms with Crippen LogP contribution < -0.4 is 14.0 Å². The summed E-state index contributed by atoms with van der Waals surface area (Å²) in [4.78, 5) is 12.1. The van der Waals surface area contributed by atoms with Crippen LogP contribution in [0, 0.1) is 6.92 Å². The molecule has 0 N–H and O–H groups in total. The average Bonchev–Trinajstić information content (AvgIpc) is 2.89. The summed E-state index contributed by atoms with van der Waals surface area (Å²) < 4.78 is 17.9. The molecule has 3 aromatic rings. The van der Waals surface area contributed by atoms with Crippen molar-refractivity contribution in [3.05, 3.63) is 89.5 Å². The van der Waals surface area contributed by atoms with Crippen LogP contribution in [0.15, 0.2) is 72.8 Å². The van der Waals surface area contributed by atoms with Crippen molar-refractivity contribution in [2.24, 2.45) is 0 Å². The number of carbonyl (C=O) groups is 1. The molecule has 0 spiro atoms. The molecule has 0 aliphatic heterocycles. The van der Waals surface area contributed by atoms with Crippen LogP contribution in [0.3, 0.4) is 0 Å². The first-order valence-corrected chi connectivity index (χ1v) is 13.8. The molecule has 0 aromatic heterocycles. The van der Waals surface area contributed by atoms with Crippen LogP contribution in [0.4, 0.5) is 5.69 Å². The number of carbonyl (C=O) groups excluding carboxylic acids is 1. The zero-order chi connectivity index (χ0) is 27.2. The quantitative estimate of drug-likeness (QED) is 0.114. The second kappa shape index (κ2) is 15.2. The maximum Gasteiger partial charge on any atom is 0.310 e. The molecule has 0 aliphatic rings. The smallest absolute Gasteiger partial charge is 0.310 e. The molecule has 3 rings (SSSR count). The molecular formula is C33H44NO4+. The molecule has 0 saturated heterocycles. The number of aryl methyl sites for hydroxylation is 1. The van der Waals surface area contributed by atoms with Crippen LogP contribution in [0.5, 0.6) is 11.5 Å². The standard InChI is InChI=1S/C33H44NO4/c1-27-12-11-13-29(24-27)26-38-32-20-18-31(19-21-32)36-22-9-7-5-6-8-10-23-37-33(35)25-28-14-16-30(17-15-28)34(2,3)4/h11-21,24H,5-10,22-23,25-26H2,1-4H3/q+1. The van der Waals surface area contributed by atoms with Crippen LogP contribution in [0.1, 0.15) is 55.2 Å². The van der Waals surface area contributed by atoms with Crippen LogP contribution in [0.25, 0.3) is 0 Å². The van der Waals surface area contributed by atoms with Crippen LogP contribution >= 0.6 is 0 Å². The third kappa shape index (κ3) is 11.0. The van der Waals surface area contributed by atoms with Crippen molar-refractivity contribution < 1.29 is 19.0 Å². The second-order valence-electron chi connectivity index (χ2n) is 10.8. The van der Waals surface area contributed by atoms with Gasteiger partial charge in [0.2, 0.25) is 0 Å². The van der Waals surface area contributed by atoms with Crippen molar-refractivity contribution in [2.75, 3.05) is 34.4 Å². The summed E-state index contributed by atoms with van der Waals surface area (Å²) in [5.74, 6) is 1.57. The molecule has 0 saturated carbocycles. The van der Waals surface area contributed by atoms with Gasteiger partial charge in [-0.2, -0.15) is 0 Å². The highest BCUT2D eigenvalue weighted by atomic mass is 16.5. The first-order valence-electron chi connectivity index (χ1n) is 13.8. The summed E-state index contributed by atoms with van der Waals surface area (Å²) in [6.07, 6.45) is 6.82. The molecule has 0 unspecified atom stereocenters. The van der Waals surface area contributed by atoms with E-state index in [4.69, 9.17) is 14.2 Å². The number of unbranched alkanes of at least 4 members (excludes halogenated alkanes) is 5. The Hall–Kier alpha value is -3.31. The van der Waals surface area contributed by atoms with E-state index in [-0.39, 0.29) is 5.97 Å². The fraction of sp³-hybridized carbons (Fsp3) is 0.424. The van der Waals surface area contributed by atoms with E-state index in [1.807, 2.05) is 36.4 Å². The Morgan fingerprint density at radius 2 is 1.29 bits per heavy atom. The Bertz CT molecular complexity index is 1100. The lowest BCUT2D eigenvalue weighted by Crippen LogP contribution is -2.34. The number of benzene rings is 3. The number of hydrogen-bond acceptors (Lipinski definition) is 4. The zero-order valence-corrected chi connectivity index (χ0v) is 23.6. The van der Waals surface area contributed by atoms with Gasteiger partial charge < -0.3 is 14.2 Å². The Balaban J connectivity index is 1.17. The topological polar surface area (TPSA) is 44.8 Å². The van der Waals surface area contributed by atoms with E-state index >= 15 is 0 Å². The van der Waals surface area contributed by atoms with Gasteiger partial charge in [-0.25, -0.2) is 0 Å². The van der Waals surface area contributed by atoms with Gasteiger partial charge in [-0.15, -0.1) is 0 Å². The van der Waals surface area contributed by atoms with E-state index in [0.717, 1.165) is 60.3 Å². The van der Waals surface area contributed by atoms with Gasteiger partial charge in [0.15, 0.2) is 0 Å².